The van der Waals surface area contributed by atoms with Gasteiger partial charge in [0.2, 0.25) is 0 Å². The molecule has 5 aliphatic carbocycles. The summed E-state index contributed by atoms with van der Waals surface area (Å²) in [6, 6.07) is 21.8. The predicted octanol–water partition coefficient (Wildman–Crippen LogP) is 7.31. The molecular weight excluding hydrogens is 368 g/mol. The van der Waals surface area contributed by atoms with Gasteiger partial charge in [0, 0.05) is 5.41 Å². The zero-order valence-electron chi connectivity index (χ0n) is 16.9. The number of rotatable bonds is 0. The zero-order chi connectivity index (χ0) is 19.4. The molecule has 2 nitrogen and oxygen atoms in total. The highest BCUT2D eigenvalue weighted by molar-refractivity contribution is 5.84. The molecule has 4 saturated carbocycles. The van der Waals surface area contributed by atoms with Crippen molar-refractivity contribution in [2.75, 3.05) is 0 Å². The molecule has 4 fully saturated rings. The molecular formula is C28H24O2. The van der Waals surface area contributed by atoms with Crippen LogP contribution in [0.1, 0.15) is 43.2 Å². The lowest BCUT2D eigenvalue weighted by atomic mass is 9.43. The largest absolute Gasteiger partial charge is 0.450 e. The Labute approximate surface area is 176 Å². The van der Waals surface area contributed by atoms with Crippen LogP contribution in [0.25, 0.3) is 11.1 Å². The van der Waals surface area contributed by atoms with Crippen LogP contribution in [-0.4, -0.2) is 0 Å². The van der Waals surface area contributed by atoms with Crippen molar-refractivity contribution in [1.82, 2.24) is 0 Å². The van der Waals surface area contributed by atoms with Crippen LogP contribution in [0.3, 0.4) is 0 Å². The third-order valence-electron chi connectivity index (χ3n) is 8.91. The Bertz CT molecular complexity index is 1200. The number of hydrogen-bond donors (Lipinski definition) is 0. The highest BCUT2D eigenvalue weighted by atomic mass is 16.6. The van der Waals surface area contributed by atoms with Gasteiger partial charge in [0.1, 0.15) is 0 Å². The summed E-state index contributed by atoms with van der Waals surface area (Å²) in [6.07, 6.45) is 7.09. The van der Waals surface area contributed by atoms with Crippen molar-refractivity contribution in [2.45, 2.75) is 37.5 Å². The highest BCUT2D eigenvalue weighted by Gasteiger charge is 2.61. The van der Waals surface area contributed by atoms with Crippen molar-refractivity contribution in [1.29, 1.82) is 0 Å². The fourth-order valence-electron chi connectivity index (χ4n) is 8.17. The molecule has 9 rings (SSSR count). The second kappa shape index (κ2) is 5.29. The first-order valence-electron chi connectivity index (χ1n) is 11.5. The summed E-state index contributed by atoms with van der Waals surface area (Å²) in [7, 11) is 0. The summed E-state index contributed by atoms with van der Waals surface area (Å²) in [4.78, 5) is 0. The van der Waals surface area contributed by atoms with Gasteiger partial charge in [0.25, 0.3) is 0 Å². The Morgan fingerprint density at radius 2 is 1.17 bits per heavy atom. The predicted molar refractivity (Wildman–Crippen MR) is 116 cm³/mol. The number of ether oxygens (including phenoxy) is 2. The molecule has 30 heavy (non-hydrogen) atoms. The smallest absolute Gasteiger partial charge is 0.170 e. The number of benzene rings is 3. The van der Waals surface area contributed by atoms with E-state index in [-0.39, 0.29) is 5.41 Å². The van der Waals surface area contributed by atoms with E-state index < -0.39 is 0 Å². The van der Waals surface area contributed by atoms with Crippen LogP contribution >= 0.6 is 0 Å². The van der Waals surface area contributed by atoms with E-state index in [1.807, 2.05) is 24.3 Å². The summed E-state index contributed by atoms with van der Waals surface area (Å²) in [5.74, 6) is 6.81. The third kappa shape index (κ3) is 1.79. The highest BCUT2D eigenvalue weighted by Crippen LogP contribution is 2.70. The van der Waals surface area contributed by atoms with Crippen molar-refractivity contribution in [3.8, 4) is 34.1 Å². The van der Waals surface area contributed by atoms with Gasteiger partial charge in [0.05, 0.1) is 0 Å². The van der Waals surface area contributed by atoms with Gasteiger partial charge in [-0.15, -0.1) is 0 Å². The first-order chi connectivity index (χ1) is 14.8. The standard InChI is InChI=1S/C28H24O2/c1-2-6-22-20(5-1)21-14-26-27(30-25-8-4-3-7-24(25)29-26)15-23(21)28(22)18-10-16-9-17(12-18)13-19(28)11-16/h1-8,14-19H,9-13H2. The van der Waals surface area contributed by atoms with E-state index in [1.165, 1.54) is 48.8 Å². The average molecular weight is 392 g/mol. The lowest BCUT2D eigenvalue weighted by Crippen LogP contribution is -2.55. The molecule has 2 heteroatoms. The first-order valence-corrected chi connectivity index (χ1v) is 11.5. The van der Waals surface area contributed by atoms with Gasteiger partial charge in [0.15, 0.2) is 23.0 Å². The number of hydrogen-bond acceptors (Lipinski definition) is 2. The lowest BCUT2D eigenvalue weighted by molar-refractivity contribution is -0.0400. The van der Waals surface area contributed by atoms with Crippen LogP contribution < -0.4 is 9.47 Å². The Kier molecular flexibility index (Phi) is 2.83. The minimum atomic E-state index is 0.175. The maximum atomic E-state index is 6.36. The van der Waals surface area contributed by atoms with Crippen LogP contribution in [-0.2, 0) is 5.41 Å². The molecule has 6 aliphatic rings. The van der Waals surface area contributed by atoms with Crippen LogP contribution in [0.2, 0.25) is 0 Å². The second-order valence-electron chi connectivity index (χ2n) is 10.2. The Hall–Kier alpha value is -2.74. The summed E-state index contributed by atoms with van der Waals surface area (Å²) in [5.41, 5.74) is 6.06. The van der Waals surface area contributed by atoms with Crippen molar-refractivity contribution >= 4 is 0 Å². The molecule has 0 radical (unpaired) electrons. The molecule has 0 N–H and O–H groups in total. The zero-order valence-corrected chi connectivity index (χ0v) is 16.9. The Morgan fingerprint density at radius 1 is 0.567 bits per heavy atom. The van der Waals surface area contributed by atoms with Gasteiger partial charge in [-0.25, -0.2) is 0 Å². The average Bonchev–Trinajstić information content (AvgIpc) is 3.04. The Morgan fingerprint density at radius 3 is 1.87 bits per heavy atom. The normalized spacial score (nSPS) is 33.3. The van der Waals surface area contributed by atoms with Crippen molar-refractivity contribution in [3.63, 3.8) is 0 Å². The molecule has 4 bridgehead atoms. The summed E-state index contributed by atoms with van der Waals surface area (Å²) >= 11 is 0. The maximum absolute atomic E-state index is 6.36. The van der Waals surface area contributed by atoms with Crippen molar-refractivity contribution in [3.05, 3.63) is 71.8 Å². The van der Waals surface area contributed by atoms with Gasteiger partial charge in [-0.3, -0.25) is 0 Å². The van der Waals surface area contributed by atoms with E-state index in [1.54, 1.807) is 5.56 Å². The fraction of sp³-hybridized carbons (Fsp3) is 0.357. The molecule has 0 atom stereocenters. The van der Waals surface area contributed by atoms with E-state index in [0.29, 0.717) is 0 Å². The van der Waals surface area contributed by atoms with E-state index in [9.17, 15) is 0 Å². The molecule has 0 unspecified atom stereocenters. The van der Waals surface area contributed by atoms with Gasteiger partial charge in [-0.2, -0.15) is 0 Å². The van der Waals surface area contributed by atoms with E-state index >= 15 is 0 Å². The Balaban J connectivity index is 1.38. The lowest BCUT2D eigenvalue weighted by Gasteiger charge is -2.61. The minimum absolute atomic E-state index is 0.175. The molecule has 3 aromatic carbocycles. The molecule has 1 spiro atoms. The molecule has 148 valence electrons. The molecule has 1 heterocycles. The molecule has 0 amide bonds. The van der Waals surface area contributed by atoms with Gasteiger partial charge >= 0.3 is 0 Å². The fourth-order valence-corrected chi connectivity index (χ4v) is 8.17. The van der Waals surface area contributed by atoms with E-state index in [0.717, 1.165) is 46.7 Å². The number of para-hydroxylation sites is 2. The van der Waals surface area contributed by atoms with Crippen LogP contribution in [0.4, 0.5) is 0 Å². The molecule has 0 aromatic heterocycles. The third-order valence-corrected chi connectivity index (χ3v) is 8.91. The molecule has 0 saturated heterocycles. The van der Waals surface area contributed by atoms with Crippen LogP contribution in [0.15, 0.2) is 60.7 Å². The number of fused-ring (bicyclic) bond motifs is 5. The van der Waals surface area contributed by atoms with E-state index in [4.69, 9.17) is 9.47 Å². The van der Waals surface area contributed by atoms with Gasteiger partial charge in [-0.1, -0.05) is 36.4 Å². The minimum Gasteiger partial charge on any atom is -0.450 e. The monoisotopic (exact) mass is 392 g/mol. The summed E-state index contributed by atoms with van der Waals surface area (Å²) in [5, 5.41) is 0. The molecule has 3 aromatic rings. The van der Waals surface area contributed by atoms with Crippen molar-refractivity contribution < 1.29 is 9.47 Å². The van der Waals surface area contributed by atoms with Gasteiger partial charge in [-0.05, 0) is 102 Å². The maximum Gasteiger partial charge on any atom is 0.170 e. The second-order valence-corrected chi connectivity index (χ2v) is 10.2. The first kappa shape index (κ1) is 16.0. The van der Waals surface area contributed by atoms with Gasteiger partial charge < -0.3 is 9.47 Å². The quantitative estimate of drug-likeness (QED) is 0.312. The summed E-state index contributed by atoms with van der Waals surface area (Å²) in [6.45, 7) is 0. The molecule has 1 aliphatic heterocycles. The van der Waals surface area contributed by atoms with Crippen molar-refractivity contribution in [2.24, 2.45) is 23.7 Å². The van der Waals surface area contributed by atoms with E-state index in [2.05, 4.69) is 36.4 Å². The van der Waals surface area contributed by atoms with Crippen LogP contribution in [0.5, 0.6) is 23.0 Å². The SMILES string of the molecule is c1ccc2c(c1)Oc1cc3c(cc1O2)C1(c2ccccc2-3)C2CC3CC(C2)CC1C3. The topological polar surface area (TPSA) is 18.5 Å². The summed E-state index contributed by atoms with van der Waals surface area (Å²) < 4.78 is 12.6. The van der Waals surface area contributed by atoms with Crippen LogP contribution in [0, 0.1) is 23.7 Å².